The molecule has 0 radical (unpaired) electrons. The van der Waals surface area contributed by atoms with Gasteiger partial charge in [-0.1, -0.05) is 0 Å². The molecular formula is C26H30F2SiZr. The van der Waals surface area contributed by atoms with E-state index in [0.29, 0.717) is 15.1 Å². The summed E-state index contributed by atoms with van der Waals surface area (Å²) in [7, 11) is 0. The number of allylic oxidation sites excluding steroid dienone is 5. The first-order valence-corrected chi connectivity index (χ1v) is 24.1. The van der Waals surface area contributed by atoms with Gasteiger partial charge in [0.05, 0.1) is 0 Å². The molecule has 2 aromatic carbocycles. The van der Waals surface area contributed by atoms with Gasteiger partial charge >= 0.3 is 182 Å². The number of rotatable bonds is 3. The van der Waals surface area contributed by atoms with Gasteiger partial charge < -0.3 is 0 Å². The molecule has 0 saturated heterocycles. The molecule has 2 aromatic rings. The summed E-state index contributed by atoms with van der Waals surface area (Å²) < 4.78 is 35.2. The van der Waals surface area contributed by atoms with Crippen LogP contribution in [0.4, 0.5) is 8.78 Å². The predicted molar refractivity (Wildman–Crippen MR) is 123 cm³/mol. The first-order chi connectivity index (χ1) is 13.9. The van der Waals surface area contributed by atoms with E-state index in [-0.39, 0.29) is 0 Å². The Morgan fingerprint density at radius 2 is 1.50 bits per heavy atom. The van der Waals surface area contributed by atoms with Gasteiger partial charge in [0, 0.05) is 0 Å². The Morgan fingerprint density at radius 3 is 2.07 bits per heavy atom. The van der Waals surface area contributed by atoms with E-state index in [1.807, 2.05) is 6.07 Å². The van der Waals surface area contributed by atoms with Gasteiger partial charge in [-0.05, 0) is 0 Å². The second-order valence-electron chi connectivity index (χ2n) is 10.2. The molecule has 2 unspecified atom stereocenters. The van der Waals surface area contributed by atoms with Gasteiger partial charge in [0.1, 0.15) is 0 Å². The van der Waals surface area contributed by atoms with E-state index in [9.17, 15) is 8.78 Å². The normalized spacial score (nSPS) is 22.0. The van der Waals surface area contributed by atoms with Crippen LogP contribution in [0.25, 0.3) is 5.57 Å². The molecule has 30 heavy (non-hydrogen) atoms. The zero-order valence-electron chi connectivity index (χ0n) is 18.7. The Labute approximate surface area is 181 Å². The van der Waals surface area contributed by atoms with E-state index in [0.717, 1.165) is 17.2 Å². The van der Waals surface area contributed by atoms with Gasteiger partial charge in [0.15, 0.2) is 0 Å². The fourth-order valence-electron chi connectivity index (χ4n) is 5.94. The zero-order valence-corrected chi connectivity index (χ0v) is 22.6. The van der Waals surface area contributed by atoms with Crippen LogP contribution in [0, 0.1) is 17.6 Å². The van der Waals surface area contributed by atoms with Crippen molar-refractivity contribution in [3.63, 3.8) is 0 Å². The third-order valence-electron chi connectivity index (χ3n) is 7.62. The maximum absolute atomic E-state index is 14.0. The van der Waals surface area contributed by atoms with Crippen LogP contribution in [0.1, 0.15) is 48.0 Å². The van der Waals surface area contributed by atoms with E-state index in [1.165, 1.54) is 34.4 Å². The fraction of sp³-hybridized carbons (Fsp3) is 0.308. The van der Waals surface area contributed by atoms with Gasteiger partial charge in [-0.3, -0.25) is 0 Å². The molecule has 0 aromatic heterocycles. The molecule has 0 fully saturated rings. The van der Waals surface area contributed by atoms with Crippen molar-refractivity contribution in [2.45, 2.75) is 40.6 Å². The summed E-state index contributed by atoms with van der Waals surface area (Å²) in [6.07, 6.45) is 2.33. The fourth-order valence-corrected chi connectivity index (χ4v) is 24.5. The van der Waals surface area contributed by atoms with Crippen molar-refractivity contribution in [2.75, 3.05) is 0 Å². The Kier molecular flexibility index (Phi) is 5.15. The van der Waals surface area contributed by atoms with Gasteiger partial charge in [-0.15, -0.1) is 0 Å². The molecule has 0 heterocycles. The van der Waals surface area contributed by atoms with Crippen molar-refractivity contribution in [1.29, 1.82) is 0 Å². The average molecular weight is 500 g/mol. The molecule has 0 bridgehead atoms. The Bertz CT molecular complexity index is 1220. The first-order valence-electron chi connectivity index (χ1n) is 10.6. The topological polar surface area (TPSA) is 0 Å². The molecule has 0 amide bonds. The summed E-state index contributed by atoms with van der Waals surface area (Å²) in [5.74, 6) is -0.582. The van der Waals surface area contributed by atoms with E-state index in [1.54, 1.807) is 3.28 Å². The van der Waals surface area contributed by atoms with E-state index >= 15 is 0 Å². The van der Waals surface area contributed by atoms with Crippen LogP contribution in [-0.2, 0) is 17.4 Å². The van der Waals surface area contributed by atoms with Gasteiger partial charge in [0.2, 0.25) is 0 Å². The Hall–Kier alpha value is -1.38. The van der Waals surface area contributed by atoms with Crippen molar-refractivity contribution >= 4 is 12.5 Å². The summed E-state index contributed by atoms with van der Waals surface area (Å²) in [4.78, 5) is 0. The van der Waals surface area contributed by atoms with Crippen molar-refractivity contribution in [3.8, 4) is 0 Å². The van der Waals surface area contributed by atoms with E-state index in [2.05, 4.69) is 68.1 Å². The van der Waals surface area contributed by atoms with Crippen LogP contribution in [-0.4, -0.2) is 6.88 Å². The van der Waals surface area contributed by atoms with Crippen molar-refractivity contribution in [3.05, 3.63) is 96.9 Å². The number of fused-ring (bicyclic) bond motifs is 1. The number of halogens is 2. The minimum absolute atomic E-state index is 0.313. The van der Waals surface area contributed by atoms with E-state index in [4.69, 9.17) is 0 Å². The second-order valence-corrected chi connectivity index (χ2v) is 39.7. The minimum atomic E-state index is -3.51. The number of hydrogen-bond donors (Lipinski definition) is 0. The third kappa shape index (κ3) is 3.22. The van der Waals surface area contributed by atoms with Crippen LogP contribution in [0.5, 0.6) is 0 Å². The molecule has 0 spiro atoms. The summed E-state index contributed by atoms with van der Waals surface area (Å²) in [5, 5.41) is 0. The molecule has 0 N–H and O–H groups in total. The molecule has 0 saturated carbocycles. The second kappa shape index (κ2) is 7.07. The average Bonchev–Trinajstić information content (AvgIpc) is 3.14. The number of hydrogen-bond acceptors (Lipinski definition) is 0. The standard InChI is InChI=1S/C15H9F2.C9H13.2CH3.H2Si.Zr/c16-12-7-11(8-13(17)9-12)15-6-5-10-3-1-2-4-14(10)15;1-6-5-7(2)9(4)8(6)3;;;;/h1-9H;6H,1-4H3;2*1H3;1H2;. The molecule has 2 aliphatic carbocycles. The summed E-state index contributed by atoms with van der Waals surface area (Å²) in [5.41, 5.74) is 8.44. The molecular weight excluding hydrogens is 470 g/mol. The first kappa shape index (κ1) is 21.8. The van der Waals surface area contributed by atoms with Gasteiger partial charge in [-0.25, -0.2) is 0 Å². The summed E-state index contributed by atoms with van der Waals surface area (Å²) in [6, 6.07) is 12.3. The molecule has 4 rings (SSSR count). The SMILES string of the molecule is CC1=C(C)C(C)[C]([Zr]([CH3])([CH3])(=[SiH2])[CH]2C=C(c3cc(F)cc(F)c3)c3ccccc32)=C1C. The van der Waals surface area contributed by atoms with Crippen molar-refractivity contribution < 1.29 is 26.2 Å². The molecule has 2 atom stereocenters. The molecule has 156 valence electrons. The van der Waals surface area contributed by atoms with Crippen LogP contribution >= 0.6 is 0 Å². The Morgan fingerprint density at radius 1 is 0.900 bits per heavy atom. The summed E-state index contributed by atoms with van der Waals surface area (Å²) >= 11 is -3.51. The van der Waals surface area contributed by atoms with Crippen LogP contribution < -0.4 is 0 Å². The van der Waals surface area contributed by atoms with Crippen LogP contribution in [0.2, 0.25) is 9.26 Å². The predicted octanol–water partition coefficient (Wildman–Crippen LogP) is 7.05. The van der Waals surface area contributed by atoms with Gasteiger partial charge in [-0.2, -0.15) is 0 Å². The van der Waals surface area contributed by atoms with Crippen molar-refractivity contribution in [2.24, 2.45) is 5.92 Å². The zero-order chi connectivity index (χ0) is 22.0. The molecule has 4 heteroatoms. The van der Waals surface area contributed by atoms with E-state index < -0.39 is 29.0 Å². The monoisotopic (exact) mass is 498 g/mol. The molecule has 0 aliphatic heterocycles. The number of benzene rings is 2. The molecule has 2 aliphatic rings. The molecule has 0 nitrogen and oxygen atoms in total. The summed E-state index contributed by atoms with van der Waals surface area (Å²) in [6.45, 7) is 11.4. The quantitative estimate of drug-likeness (QED) is 0.397. The van der Waals surface area contributed by atoms with Crippen LogP contribution in [0.3, 0.4) is 0 Å². The van der Waals surface area contributed by atoms with Crippen molar-refractivity contribution in [1.82, 2.24) is 0 Å². The van der Waals surface area contributed by atoms with Crippen LogP contribution in [0.15, 0.2) is 68.5 Å². The third-order valence-corrected chi connectivity index (χ3v) is 24.9. The Balaban J connectivity index is 1.95. The maximum atomic E-state index is 14.0. The van der Waals surface area contributed by atoms with Gasteiger partial charge in [0.25, 0.3) is 0 Å².